The lowest BCUT2D eigenvalue weighted by atomic mass is 10.1. The standard InChI is InChI=1S/C8H9NO4/c1-4-3-6(10)5(2)8(11)7(4)9(12)13/h3,10-11H,1-2H3. The zero-order valence-corrected chi connectivity index (χ0v) is 7.24. The van der Waals surface area contributed by atoms with Crippen molar-refractivity contribution >= 4 is 5.69 Å². The minimum absolute atomic E-state index is 0.123. The molecule has 1 aromatic carbocycles. The fourth-order valence-corrected chi connectivity index (χ4v) is 1.10. The molecule has 0 aliphatic heterocycles. The van der Waals surface area contributed by atoms with Gasteiger partial charge in [0, 0.05) is 11.1 Å². The van der Waals surface area contributed by atoms with E-state index in [0.29, 0.717) is 0 Å². The second-order valence-electron chi connectivity index (χ2n) is 2.79. The topological polar surface area (TPSA) is 83.6 Å². The zero-order chi connectivity index (χ0) is 10.2. The molecule has 5 heteroatoms. The van der Waals surface area contributed by atoms with Gasteiger partial charge in [0.2, 0.25) is 5.75 Å². The summed E-state index contributed by atoms with van der Waals surface area (Å²) in [5, 5.41) is 29.0. The second kappa shape index (κ2) is 2.93. The Morgan fingerprint density at radius 1 is 1.38 bits per heavy atom. The molecule has 0 saturated carbocycles. The average molecular weight is 183 g/mol. The van der Waals surface area contributed by atoms with Crippen LogP contribution in [-0.2, 0) is 0 Å². The molecule has 0 spiro atoms. The summed E-state index contributed by atoms with van der Waals surface area (Å²) in [6, 6.07) is 1.26. The van der Waals surface area contributed by atoms with E-state index in [1.54, 1.807) is 0 Å². The van der Waals surface area contributed by atoms with Crippen molar-refractivity contribution in [1.82, 2.24) is 0 Å². The molecule has 5 nitrogen and oxygen atoms in total. The summed E-state index contributed by atoms with van der Waals surface area (Å²) in [5.41, 5.74) is 0.0122. The van der Waals surface area contributed by atoms with Gasteiger partial charge in [-0.05, 0) is 19.9 Å². The van der Waals surface area contributed by atoms with Crippen molar-refractivity contribution in [2.45, 2.75) is 13.8 Å². The van der Waals surface area contributed by atoms with E-state index in [2.05, 4.69) is 0 Å². The van der Waals surface area contributed by atoms with Gasteiger partial charge >= 0.3 is 5.69 Å². The first-order chi connectivity index (χ1) is 5.95. The van der Waals surface area contributed by atoms with Crippen LogP contribution in [0.2, 0.25) is 0 Å². The highest BCUT2D eigenvalue weighted by Crippen LogP contribution is 2.37. The highest BCUT2D eigenvalue weighted by Gasteiger charge is 2.21. The van der Waals surface area contributed by atoms with Gasteiger partial charge < -0.3 is 10.2 Å². The highest BCUT2D eigenvalue weighted by atomic mass is 16.6. The van der Waals surface area contributed by atoms with E-state index < -0.39 is 10.7 Å². The molecule has 0 unspecified atom stereocenters. The lowest BCUT2D eigenvalue weighted by molar-refractivity contribution is -0.386. The molecule has 1 aromatic rings. The van der Waals surface area contributed by atoms with Crippen LogP contribution in [0.1, 0.15) is 11.1 Å². The average Bonchev–Trinajstić information content (AvgIpc) is 1.99. The molecule has 0 aliphatic carbocycles. The van der Waals surface area contributed by atoms with Gasteiger partial charge in [-0.25, -0.2) is 0 Å². The van der Waals surface area contributed by atoms with E-state index in [-0.39, 0.29) is 22.6 Å². The first kappa shape index (κ1) is 9.31. The number of aromatic hydroxyl groups is 2. The number of rotatable bonds is 1. The summed E-state index contributed by atoms with van der Waals surface area (Å²) < 4.78 is 0. The van der Waals surface area contributed by atoms with E-state index in [4.69, 9.17) is 0 Å². The van der Waals surface area contributed by atoms with Crippen molar-refractivity contribution < 1.29 is 15.1 Å². The minimum Gasteiger partial charge on any atom is -0.508 e. The zero-order valence-electron chi connectivity index (χ0n) is 7.24. The summed E-state index contributed by atoms with van der Waals surface area (Å²) in [6.07, 6.45) is 0. The van der Waals surface area contributed by atoms with E-state index >= 15 is 0 Å². The largest absolute Gasteiger partial charge is 0.508 e. The molecule has 0 fully saturated rings. The third-order valence-electron chi connectivity index (χ3n) is 1.87. The lowest BCUT2D eigenvalue weighted by Gasteiger charge is -2.04. The van der Waals surface area contributed by atoms with Crippen molar-refractivity contribution in [3.8, 4) is 11.5 Å². The van der Waals surface area contributed by atoms with Gasteiger partial charge in [0.15, 0.2) is 0 Å². The Labute approximate surface area is 74.4 Å². The summed E-state index contributed by atoms with van der Waals surface area (Å²) in [5.74, 6) is -0.608. The molecule has 70 valence electrons. The predicted molar refractivity (Wildman–Crippen MR) is 45.9 cm³/mol. The predicted octanol–water partition coefficient (Wildman–Crippen LogP) is 1.62. The molecule has 0 radical (unpaired) electrons. The quantitative estimate of drug-likeness (QED) is 0.511. The third-order valence-corrected chi connectivity index (χ3v) is 1.87. The Bertz CT molecular complexity index is 373. The molecule has 0 heterocycles. The van der Waals surface area contributed by atoms with Crippen molar-refractivity contribution in [2.75, 3.05) is 0 Å². The number of phenolic OH excluding ortho intramolecular Hbond substituents is 2. The number of phenols is 2. The number of nitro benzene ring substituents is 1. The van der Waals surface area contributed by atoms with Gasteiger partial charge in [-0.2, -0.15) is 0 Å². The van der Waals surface area contributed by atoms with E-state index in [1.807, 2.05) is 0 Å². The Morgan fingerprint density at radius 2 is 1.92 bits per heavy atom. The van der Waals surface area contributed by atoms with Crippen LogP contribution >= 0.6 is 0 Å². The summed E-state index contributed by atoms with van der Waals surface area (Å²) in [7, 11) is 0. The maximum atomic E-state index is 10.5. The van der Waals surface area contributed by atoms with Gasteiger partial charge in [0.25, 0.3) is 0 Å². The number of hydrogen-bond acceptors (Lipinski definition) is 4. The maximum Gasteiger partial charge on any atom is 0.314 e. The van der Waals surface area contributed by atoms with Gasteiger partial charge in [-0.3, -0.25) is 10.1 Å². The van der Waals surface area contributed by atoms with Crippen molar-refractivity contribution in [3.63, 3.8) is 0 Å². The highest BCUT2D eigenvalue weighted by molar-refractivity contribution is 5.60. The molecule has 0 amide bonds. The van der Waals surface area contributed by atoms with Crippen molar-refractivity contribution in [1.29, 1.82) is 0 Å². The number of aryl methyl sites for hydroxylation is 1. The Balaban J connectivity index is 3.53. The Kier molecular flexibility index (Phi) is 2.10. The summed E-state index contributed by atoms with van der Waals surface area (Å²) in [4.78, 5) is 9.80. The molecule has 2 N–H and O–H groups in total. The SMILES string of the molecule is Cc1cc(O)c(C)c(O)c1[N+](=O)[O-]. The fraction of sp³-hybridized carbons (Fsp3) is 0.250. The van der Waals surface area contributed by atoms with Gasteiger partial charge in [0.1, 0.15) is 5.75 Å². The van der Waals surface area contributed by atoms with Crippen LogP contribution in [0.4, 0.5) is 5.69 Å². The van der Waals surface area contributed by atoms with E-state index in [0.717, 1.165) is 0 Å². The van der Waals surface area contributed by atoms with Crippen LogP contribution in [0.3, 0.4) is 0 Å². The van der Waals surface area contributed by atoms with Crippen LogP contribution in [0.25, 0.3) is 0 Å². The molecule has 1 rings (SSSR count). The fourth-order valence-electron chi connectivity index (χ4n) is 1.10. The van der Waals surface area contributed by atoms with Crippen LogP contribution < -0.4 is 0 Å². The Hall–Kier alpha value is -1.78. The normalized spacial score (nSPS) is 10.0. The molecule has 0 bridgehead atoms. The summed E-state index contributed by atoms with van der Waals surface area (Å²) >= 11 is 0. The molecule has 0 aliphatic rings. The maximum absolute atomic E-state index is 10.5. The molecule has 0 atom stereocenters. The lowest BCUT2D eigenvalue weighted by Crippen LogP contribution is -1.94. The van der Waals surface area contributed by atoms with Gasteiger partial charge in [0.05, 0.1) is 4.92 Å². The Morgan fingerprint density at radius 3 is 2.38 bits per heavy atom. The first-order valence-electron chi connectivity index (χ1n) is 3.61. The molecule has 0 saturated heterocycles. The molecular weight excluding hydrogens is 174 g/mol. The van der Waals surface area contributed by atoms with Crippen LogP contribution in [0.5, 0.6) is 11.5 Å². The van der Waals surface area contributed by atoms with Crippen LogP contribution in [-0.4, -0.2) is 15.1 Å². The van der Waals surface area contributed by atoms with Crippen molar-refractivity contribution in [3.05, 3.63) is 27.3 Å². The number of hydrogen-bond donors (Lipinski definition) is 2. The number of benzene rings is 1. The van der Waals surface area contributed by atoms with Gasteiger partial charge in [-0.1, -0.05) is 0 Å². The third kappa shape index (κ3) is 1.40. The first-order valence-corrected chi connectivity index (χ1v) is 3.61. The van der Waals surface area contributed by atoms with Crippen LogP contribution in [0.15, 0.2) is 6.07 Å². The summed E-state index contributed by atoms with van der Waals surface area (Å²) in [6.45, 7) is 2.87. The van der Waals surface area contributed by atoms with Crippen molar-refractivity contribution in [2.24, 2.45) is 0 Å². The number of nitrogens with zero attached hydrogens (tertiary/aromatic N) is 1. The molecular formula is C8H9NO4. The second-order valence-corrected chi connectivity index (χ2v) is 2.79. The van der Waals surface area contributed by atoms with Gasteiger partial charge in [-0.15, -0.1) is 0 Å². The van der Waals surface area contributed by atoms with E-state index in [1.165, 1.54) is 19.9 Å². The monoisotopic (exact) mass is 183 g/mol. The number of nitro groups is 1. The molecule has 0 aromatic heterocycles. The van der Waals surface area contributed by atoms with Crippen LogP contribution in [0, 0.1) is 24.0 Å². The minimum atomic E-state index is -0.670. The smallest absolute Gasteiger partial charge is 0.314 e. The van der Waals surface area contributed by atoms with E-state index in [9.17, 15) is 20.3 Å². The molecule has 13 heavy (non-hydrogen) atoms.